The highest BCUT2D eigenvalue weighted by molar-refractivity contribution is 5.96. The highest BCUT2D eigenvalue weighted by Gasteiger charge is 2.23. The molecule has 0 aliphatic carbocycles. The van der Waals surface area contributed by atoms with Crippen LogP contribution in [-0.2, 0) is 9.53 Å². The second kappa shape index (κ2) is 8.02. The number of carbonyl (C=O) groups is 2. The van der Waals surface area contributed by atoms with Gasteiger partial charge in [-0.3, -0.25) is 19.7 Å². The fraction of sp³-hybridized carbons (Fsp3) is 0.267. The number of ether oxygens (including phenoxy) is 1. The number of carbonyl (C=O) groups excluding carboxylic acids is 1. The molecule has 0 saturated carbocycles. The quantitative estimate of drug-likeness (QED) is 0.555. The van der Waals surface area contributed by atoms with Crippen LogP contribution in [0.15, 0.2) is 36.9 Å². The first-order chi connectivity index (χ1) is 11.9. The first-order valence-electron chi connectivity index (χ1n) is 7.20. The number of aromatic nitrogens is 2. The van der Waals surface area contributed by atoms with Crippen molar-refractivity contribution in [2.24, 2.45) is 0 Å². The van der Waals surface area contributed by atoms with Crippen molar-refractivity contribution < 1.29 is 24.4 Å². The van der Waals surface area contributed by atoms with Crippen molar-refractivity contribution >= 4 is 17.6 Å². The van der Waals surface area contributed by atoms with Gasteiger partial charge < -0.3 is 19.3 Å². The predicted octanol–water partition coefficient (Wildman–Crippen LogP) is 0.954. The average Bonchev–Trinajstić information content (AvgIpc) is 3.11. The summed E-state index contributed by atoms with van der Waals surface area (Å²) in [6.07, 6.45) is 4.42. The van der Waals surface area contributed by atoms with Crippen LogP contribution in [0.3, 0.4) is 0 Å². The lowest BCUT2D eigenvalue weighted by atomic mass is 10.1. The van der Waals surface area contributed by atoms with E-state index in [9.17, 15) is 19.7 Å². The number of hydrogen-bond acceptors (Lipinski definition) is 6. The van der Waals surface area contributed by atoms with Gasteiger partial charge in [-0.05, 0) is 12.1 Å². The van der Waals surface area contributed by atoms with E-state index >= 15 is 0 Å². The van der Waals surface area contributed by atoms with Crippen LogP contribution < -0.4 is 0 Å². The Bertz CT molecular complexity index is 774. The number of imidazole rings is 1. The first-order valence-corrected chi connectivity index (χ1v) is 7.20. The van der Waals surface area contributed by atoms with Gasteiger partial charge >= 0.3 is 5.97 Å². The number of nitrogens with zero attached hydrogens (tertiary/aromatic N) is 4. The van der Waals surface area contributed by atoms with Gasteiger partial charge in [-0.1, -0.05) is 0 Å². The zero-order chi connectivity index (χ0) is 18.4. The smallest absolute Gasteiger partial charge is 0.323 e. The van der Waals surface area contributed by atoms with Gasteiger partial charge in [0.1, 0.15) is 12.2 Å². The molecule has 0 aliphatic rings. The average molecular weight is 348 g/mol. The van der Waals surface area contributed by atoms with E-state index in [2.05, 4.69) is 4.98 Å². The molecule has 0 bridgehead atoms. The first kappa shape index (κ1) is 18.1. The van der Waals surface area contributed by atoms with Crippen molar-refractivity contribution in [3.05, 3.63) is 52.6 Å². The van der Waals surface area contributed by atoms with Gasteiger partial charge in [-0.15, -0.1) is 0 Å². The molecule has 0 radical (unpaired) electrons. The Hall–Kier alpha value is -3.27. The van der Waals surface area contributed by atoms with Crippen molar-refractivity contribution in [2.75, 3.05) is 26.8 Å². The molecule has 10 heteroatoms. The molecular formula is C15H16N4O6. The number of hydrogen-bond donors (Lipinski definition) is 1. The lowest BCUT2D eigenvalue weighted by Crippen LogP contribution is -2.38. The molecule has 10 nitrogen and oxygen atoms in total. The number of carboxylic acids is 1. The molecule has 0 aliphatic heterocycles. The van der Waals surface area contributed by atoms with Crippen LogP contribution in [0.4, 0.5) is 5.69 Å². The van der Waals surface area contributed by atoms with Crippen LogP contribution >= 0.6 is 0 Å². The standard InChI is InChI=1S/C15H16N4O6/c1-25-7-6-17(9-14(20)21)15(22)11-2-3-12(13(8-11)19(23)24)18-5-4-16-10-18/h2-5,8,10H,6-7,9H2,1H3,(H,20,21). The Morgan fingerprint density at radius 2 is 2.20 bits per heavy atom. The van der Waals surface area contributed by atoms with Gasteiger partial charge in [0.2, 0.25) is 0 Å². The molecule has 25 heavy (non-hydrogen) atoms. The van der Waals surface area contributed by atoms with E-state index < -0.39 is 23.3 Å². The highest BCUT2D eigenvalue weighted by Crippen LogP contribution is 2.24. The lowest BCUT2D eigenvalue weighted by molar-refractivity contribution is -0.384. The van der Waals surface area contributed by atoms with Gasteiger partial charge in [0.25, 0.3) is 11.6 Å². The zero-order valence-corrected chi connectivity index (χ0v) is 13.4. The number of carboxylic acid groups (broad SMARTS) is 1. The molecule has 1 aromatic heterocycles. The summed E-state index contributed by atoms with van der Waals surface area (Å²) in [6.45, 7) is -0.327. The van der Waals surface area contributed by atoms with E-state index in [1.165, 1.54) is 36.3 Å². The Morgan fingerprint density at radius 1 is 1.44 bits per heavy atom. The second-order valence-corrected chi connectivity index (χ2v) is 5.04. The SMILES string of the molecule is COCCN(CC(=O)O)C(=O)c1ccc(-n2ccnc2)c([N+](=O)[O-])c1. The minimum absolute atomic E-state index is 0.0212. The summed E-state index contributed by atoms with van der Waals surface area (Å²) < 4.78 is 6.32. The summed E-state index contributed by atoms with van der Waals surface area (Å²) >= 11 is 0. The molecule has 1 aromatic carbocycles. The van der Waals surface area contributed by atoms with Crippen LogP contribution in [0.5, 0.6) is 0 Å². The van der Waals surface area contributed by atoms with Crippen molar-refractivity contribution in [3.8, 4) is 5.69 Å². The fourth-order valence-corrected chi connectivity index (χ4v) is 2.22. The van der Waals surface area contributed by atoms with Crippen LogP contribution in [0.1, 0.15) is 10.4 Å². The number of methoxy groups -OCH3 is 1. The van der Waals surface area contributed by atoms with E-state index in [-0.39, 0.29) is 30.1 Å². The third kappa shape index (κ3) is 4.38. The van der Waals surface area contributed by atoms with Gasteiger partial charge in [0.05, 0.1) is 17.9 Å². The Morgan fingerprint density at radius 3 is 2.76 bits per heavy atom. The molecule has 0 atom stereocenters. The molecule has 132 valence electrons. The molecule has 1 N–H and O–H groups in total. The molecule has 0 fully saturated rings. The van der Waals surface area contributed by atoms with Crippen LogP contribution in [-0.4, -0.2) is 63.2 Å². The van der Waals surface area contributed by atoms with E-state index in [0.29, 0.717) is 0 Å². The zero-order valence-electron chi connectivity index (χ0n) is 13.4. The molecule has 2 rings (SSSR count). The summed E-state index contributed by atoms with van der Waals surface area (Å²) in [6, 6.07) is 3.95. The van der Waals surface area contributed by atoms with Crippen LogP contribution in [0.25, 0.3) is 5.69 Å². The number of aliphatic carboxylic acids is 1. The number of nitro benzene ring substituents is 1. The minimum Gasteiger partial charge on any atom is -0.480 e. The van der Waals surface area contributed by atoms with E-state index in [1.54, 1.807) is 6.20 Å². The maximum Gasteiger partial charge on any atom is 0.323 e. The van der Waals surface area contributed by atoms with Gasteiger partial charge in [0.15, 0.2) is 0 Å². The molecular weight excluding hydrogens is 332 g/mol. The highest BCUT2D eigenvalue weighted by atomic mass is 16.6. The fourth-order valence-electron chi connectivity index (χ4n) is 2.22. The summed E-state index contributed by atoms with van der Waals surface area (Å²) in [5.41, 5.74) is -0.0143. The minimum atomic E-state index is -1.19. The van der Waals surface area contributed by atoms with Crippen molar-refractivity contribution in [1.82, 2.24) is 14.5 Å². The number of nitro groups is 1. The third-order valence-corrected chi connectivity index (χ3v) is 3.38. The maximum absolute atomic E-state index is 12.5. The maximum atomic E-state index is 12.5. The molecule has 2 aromatic rings. The van der Waals surface area contributed by atoms with Gasteiger partial charge in [-0.2, -0.15) is 0 Å². The molecule has 0 saturated heterocycles. The van der Waals surface area contributed by atoms with E-state index in [4.69, 9.17) is 9.84 Å². The lowest BCUT2D eigenvalue weighted by Gasteiger charge is -2.20. The number of rotatable bonds is 8. The largest absolute Gasteiger partial charge is 0.480 e. The molecule has 0 spiro atoms. The topological polar surface area (TPSA) is 128 Å². The van der Waals surface area contributed by atoms with Crippen LogP contribution in [0.2, 0.25) is 0 Å². The van der Waals surface area contributed by atoms with E-state index in [1.807, 2.05) is 0 Å². The molecule has 0 unspecified atom stereocenters. The normalized spacial score (nSPS) is 10.4. The van der Waals surface area contributed by atoms with Gasteiger partial charge in [-0.25, -0.2) is 4.98 Å². The molecule has 1 heterocycles. The Kier molecular flexibility index (Phi) is 5.79. The summed E-state index contributed by atoms with van der Waals surface area (Å²) in [5.74, 6) is -1.81. The number of amides is 1. The predicted molar refractivity (Wildman–Crippen MR) is 85.6 cm³/mol. The summed E-state index contributed by atoms with van der Waals surface area (Å²) in [4.78, 5) is 39.1. The van der Waals surface area contributed by atoms with Crippen molar-refractivity contribution in [1.29, 1.82) is 0 Å². The van der Waals surface area contributed by atoms with Crippen LogP contribution in [0, 0.1) is 10.1 Å². The molecule has 1 amide bonds. The van der Waals surface area contributed by atoms with Crippen molar-refractivity contribution in [3.63, 3.8) is 0 Å². The Balaban J connectivity index is 2.37. The summed E-state index contributed by atoms with van der Waals surface area (Å²) in [7, 11) is 1.42. The summed E-state index contributed by atoms with van der Waals surface area (Å²) in [5, 5.41) is 20.3. The monoisotopic (exact) mass is 348 g/mol. The van der Waals surface area contributed by atoms with Crippen molar-refractivity contribution in [2.45, 2.75) is 0 Å². The van der Waals surface area contributed by atoms with Gasteiger partial charge in [0, 0.05) is 37.7 Å². The third-order valence-electron chi connectivity index (χ3n) is 3.38. The van der Waals surface area contributed by atoms with E-state index in [0.717, 1.165) is 11.0 Å². The second-order valence-electron chi connectivity index (χ2n) is 5.04. The Labute approximate surface area is 142 Å². The number of benzene rings is 1.